The van der Waals surface area contributed by atoms with Crippen LogP contribution in [0.5, 0.6) is 0 Å². The summed E-state index contributed by atoms with van der Waals surface area (Å²) in [6, 6.07) is 0. The van der Waals surface area contributed by atoms with Crippen molar-refractivity contribution in [3.05, 3.63) is 37.0 Å². The van der Waals surface area contributed by atoms with Crippen LogP contribution in [-0.2, 0) is 0 Å². The molecule has 0 aromatic rings. The molecule has 0 heteroatoms. The summed E-state index contributed by atoms with van der Waals surface area (Å²) in [5.74, 6) is 3.27. The van der Waals surface area contributed by atoms with Gasteiger partial charge in [-0.1, -0.05) is 121 Å². The van der Waals surface area contributed by atoms with Gasteiger partial charge in [-0.25, -0.2) is 0 Å². The van der Waals surface area contributed by atoms with Gasteiger partial charge in [-0.3, -0.25) is 0 Å². The van der Waals surface area contributed by atoms with Gasteiger partial charge in [-0.05, 0) is 99.7 Å². The maximum absolute atomic E-state index is 4.95. The molecule has 0 aromatic carbocycles. The summed E-state index contributed by atoms with van der Waals surface area (Å²) in [5.41, 5.74) is 2.17. The van der Waals surface area contributed by atoms with Crippen LogP contribution in [0.3, 0.4) is 0 Å². The average molecular weight is 495 g/mol. The maximum Gasteiger partial charge on any atom is -0.00878 e. The van der Waals surface area contributed by atoms with Crippen molar-refractivity contribution in [2.45, 2.75) is 161 Å². The molecule has 3 aliphatic carbocycles. The van der Waals surface area contributed by atoms with E-state index in [0.717, 1.165) is 23.7 Å². The molecule has 0 N–H and O–H groups in total. The van der Waals surface area contributed by atoms with Crippen LogP contribution in [0, 0.1) is 29.1 Å². The summed E-state index contributed by atoms with van der Waals surface area (Å²) in [6.45, 7) is 11.3. The lowest BCUT2D eigenvalue weighted by Crippen LogP contribution is -2.33. The van der Waals surface area contributed by atoms with Crippen LogP contribution in [0.4, 0.5) is 0 Å². The molecule has 0 amide bonds. The van der Waals surface area contributed by atoms with Crippen molar-refractivity contribution in [2.75, 3.05) is 0 Å². The normalized spacial score (nSPS) is 28.8. The van der Waals surface area contributed by atoms with Crippen molar-refractivity contribution in [1.29, 1.82) is 0 Å². The third-order valence-electron chi connectivity index (χ3n) is 10.6. The van der Waals surface area contributed by atoms with Gasteiger partial charge in [-0.15, -0.1) is 6.58 Å². The quantitative estimate of drug-likeness (QED) is 0.148. The molecule has 0 saturated heterocycles. The van der Waals surface area contributed by atoms with E-state index in [4.69, 9.17) is 6.58 Å². The lowest BCUT2D eigenvalue weighted by molar-refractivity contribution is 0.172. The van der Waals surface area contributed by atoms with Crippen LogP contribution in [0.15, 0.2) is 37.0 Å². The molecular weight excluding hydrogens is 432 g/mol. The number of hydrogen-bond donors (Lipinski definition) is 0. The number of unbranched alkanes of at least 4 members (excludes halogenated alkanes) is 7. The molecule has 0 aromatic heterocycles. The third kappa shape index (κ3) is 9.51. The molecule has 0 radical (unpaired) electrons. The highest BCUT2D eigenvalue weighted by Crippen LogP contribution is 2.52. The fraction of sp³-hybridized carbons (Fsp3) is 0.833. The van der Waals surface area contributed by atoms with E-state index < -0.39 is 0 Å². The van der Waals surface area contributed by atoms with Crippen LogP contribution in [0.25, 0.3) is 0 Å². The Hall–Kier alpha value is -0.780. The lowest BCUT2D eigenvalue weighted by Gasteiger charge is -2.45. The van der Waals surface area contributed by atoms with E-state index in [1.165, 1.54) is 154 Å². The Morgan fingerprint density at radius 2 is 1.44 bits per heavy atom. The van der Waals surface area contributed by atoms with Crippen LogP contribution in [0.2, 0.25) is 0 Å². The highest BCUT2D eigenvalue weighted by atomic mass is 14.4. The number of rotatable bonds is 16. The fourth-order valence-corrected chi connectivity index (χ4v) is 8.09. The minimum Gasteiger partial charge on any atom is -0.103 e. The Morgan fingerprint density at radius 1 is 0.778 bits per heavy atom. The molecule has 36 heavy (non-hydrogen) atoms. The molecular formula is C36H62. The molecule has 3 rings (SSSR count). The first-order valence-electron chi connectivity index (χ1n) is 16.7. The van der Waals surface area contributed by atoms with Crippen molar-refractivity contribution in [3.8, 4) is 0 Å². The summed E-state index contributed by atoms with van der Waals surface area (Å²) in [4.78, 5) is 0. The Bertz CT molecular complexity index is 624. The van der Waals surface area contributed by atoms with E-state index >= 15 is 0 Å². The van der Waals surface area contributed by atoms with Crippen LogP contribution in [0.1, 0.15) is 161 Å². The molecule has 0 bridgehead atoms. The first-order valence-corrected chi connectivity index (χ1v) is 16.7. The van der Waals surface area contributed by atoms with Crippen LogP contribution in [-0.4, -0.2) is 0 Å². The molecule has 3 saturated carbocycles. The molecule has 206 valence electrons. The second kappa shape index (κ2) is 16.9. The number of hydrogen-bond acceptors (Lipinski definition) is 0. The summed E-state index contributed by atoms with van der Waals surface area (Å²) < 4.78 is 0. The predicted molar refractivity (Wildman–Crippen MR) is 161 cm³/mol. The van der Waals surface area contributed by atoms with Crippen molar-refractivity contribution in [2.24, 2.45) is 29.1 Å². The minimum atomic E-state index is 0.471. The van der Waals surface area contributed by atoms with Gasteiger partial charge in [0, 0.05) is 0 Å². The standard InChI is InChI=1S/C36H62/c1-4-6-7-8-9-10-11-17-28-36(29-18-12-19-30-36)31(3)35-23-16-15-22-34(35)21-14-13-20-33-26-24-32(5-2)25-27-33/h5,14,21,32-35H,2-4,6-13,15-20,22-30H2,1H3/b21-14+. The van der Waals surface area contributed by atoms with Crippen molar-refractivity contribution >= 4 is 0 Å². The Morgan fingerprint density at radius 3 is 2.14 bits per heavy atom. The molecule has 2 unspecified atom stereocenters. The second-order valence-electron chi connectivity index (χ2n) is 13.2. The SMILES string of the molecule is C=CC1CCC(CC/C=C/C2CCCCC2C(=C)C2(CCCCCCCCCC)CCCCC2)CC1. The molecule has 0 heterocycles. The second-order valence-corrected chi connectivity index (χ2v) is 13.2. The molecule has 3 aliphatic rings. The summed E-state index contributed by atoms with van der Waals surface area (Å²) in [6.07, 6.45) is 41.5. The lowest BCUT2D eigenvalue weighted by atomic mass is 9.60. The highest BCUT2D eigenvalue weighted by Gasteiger charge is 2.39. The summed E-state index contributed by atoms with van der Waals surface area (Å²) >= 11 is 0. The van der Waals surface area contributed by atoms with E-state index in [9.17, 15) is 0 Å². The summed E-state index contributed by atoms with van der Waals surface area (Å²) in [7, 11) is 0. The van der Waals surface area contributed by atoms with E-state index in [2.05, 4.69) is 31.7 Å². The van der Waals surface area contributed by atoms with Gasteiger partial charge in [-0.2, -0.15) is 0 Å². The van der Waals surface area contributed by atoms with E-state index in [1.807, 2.05) is 0 Å². The molecule has 3 fully saturated rings. The molecule has 0 spiro atoms. The topological polar surface area (TPSA) is 0 Å². The van der Waals surface area contributed by atoms with Gasteiger partial charge in [0.15, 0.2) is 0 Å². The Balaban J connectivity index is 1.48. The largest absolute Gasteiger partial charge is 0.103 e. The molecule has 0 aliphatic heterocycles. The zero-order valence-corrected chi connectivity index (χ0v) is 24.4. The number of allylic oxidation sites excluding steroid dienone is 4. The highest BCUT2D eigenvalue weighted by molar-refractivity contribution is 5.19. The molecule has 2 atom stereocenters. The fourth-order valence-electron chi connectivity index (χ4n) is 8.09. The van der Waals surface area contributed by atoms with Gasteiger partial charge in [0.1, 0.15) is 0 Å². The Kier molecular flexibility index (Phi) is 14.0. The average Bonchev–Trinajstić information content (AvgIpc) is 2.93. The smallest absolute Gasteiger partial charge is 0.00878 e. The maximum atomic E-state index is 4.95. The van der Waals surface area contributed by atoms with Gasteiger partial charge in [0.2, 0.25) is 0 Å². The minimum absolute atomic E-state index is 0.471. The van der Waals surface area contributed by atoms with Gasteiger partial charge >= 0.3 is 0 Å². The molecule has 0 nitrogen and oxygen atoms in total. The third-order valence-corrected chi connectivity index (χ3v) is 10.6. The first-order chi connectivity index (χ1) is 17.7. The van der Waals surface area contributed by atoms with Crippen molar-refractivity contribution < 1.29 is 0 Å². The van der Waals surface area contributed by atoms with E-state index in [0.29, 0.717) is 5.41 Å². The Labute approximate surface area is 226 Å². The van der Waals surface area contributed by atoms with Crippen molar-refractivity contribution in [3.63, 3.8) is 0 Å². The van der Waals surface area contributed by atoms with Gasteiger partial charge in [0.05, 0.1) is 0 Å². The monoisotopic (exact) mass is 494 g/mol. The van der Waals surface area contributed by atoms with Crippen LogP contribution >= 0.6 is 0 Å². The van der Waals surface area contributed by atoms with Gasteiger partial charge in [0.25, 0.3) is 0 Å². The van der Waals surface area contributed by atoms with Crippen molar-refractivity contribution in [1.82, 2.24) is 0 Å². The zero-order valence-electron chi connectivity index (χ0n) is 24.4. The zero-order chi connectivity index (χ0) is 25.5. The van der Waals surface area contributed by atoms with E-state index in [-0.39, 0.29) is 0 Å². The summed E-state index contributed by atoms with van der Waals surface area (Å²) in [5, 5.41) is 0. The van der Waals surface area contributed by atoms with Crippen LogP contribution < -0.4 is 0 Å². The predicted octanol–water partition coefficient (Wildman–Crippen LogP) is 12.2. The van der Waals surface area contributed by atoms with E-state index in [1.54, 1.807) is 5.57 Å². The van der Waals surface area contributed by atoms with Gasteiger partial charge < -0.3 is 0 Å². The first kappa shape index (κ1) is 29.8.